The van der Waals surface area contributed by atoms with Gasteiger partial charge >= 0.3 is 0 Å². The minimum atomic E-state index is -0.565. The summed E-state index contributed by atoms with van der Waals surface area (Å²) in [6.45, 7) is 0. The molecule has 0 unspecified atom stereocenters. The van der Waals surface area contributed by atoms with E-state index in [-0.39, 0.29) is 0 Å². The van der Waals surface area contributed by atoms with Crippen molar-refractivity contribution in [3.63, 3.8) is 0 Å². The lowest BCUT2D eigenvalue weighted by Gasteiger charge is -2.35. The van der Waals surface area contributed by atoms with Crippen LogP contribution in [0.3, 0.4) is 0 Å². The number of benzene rings is 10. The fourth-order valence-electron chi connectivity index (χ4n) is 11.0. The van der Waals surface area contributed by atoms with Crippen molar-refractivity contribution in [2.24, 2.45) is 0 Å². The zero-order chi connectivity index (χ0) is 44.3. The summed E-state index contributed by atoms with van der Waals surface area (Å²) in [7, 11) is 0. The molecule has 312 valence electrons. The van der Waals surface area contributed by atoms with Crippen LogP contribution in [-0.4, -0.2) is 9.97 Å². The summed E-state index contributed by atoms with van der Waals surface area (Å²) in [5.74, 6) is 0.678. The Balaban J connectivity index is 1.06. The summed E-state index contributed by atoms with van der Waals surface area (Å²) in [5.41, 5.74) is 23.6. The predicted octanol–water partition coefficient (Wildman–Crippen LogP) is 16.5. The highest BCUT2D eigenvalue weighted by atomic mass is 14.9. The third-order valence-corrected chi connectivity index (χ3v) is 13.9. The molecular weight excluding hydrogens is 809 g/mol. The molecule has 10 aromatic carbocycles. The van der Waals surface area contributed by atoms with E-state index in [2.05, 4.69) is 255 Å². The van der Waals surface area contributed by atoms with E-state index >= 15 is 0 Å². The Bertz CT molecular complexity index is 3560. The van der Waals surface area contributed by atoms with Crippen LogP contribution < -0.4 is 0 Å². The van der Waals surface area contributed by atoms with Gasteiger partial charge in [-0.2, -0.15) is 0 Å². The van der Waals surface area contributed by atoms with Gasteiger partial charge in [0.25, 0.3) is 0 Å². The van der Waals surface area contributed by atoms with Crippen molar-refractivity contribution < 1.29 is 0 Å². The van der Waals surface area contributed by atoms with E-state index in [1.807, 2.05) is 0 Å². The highest BCUT2D eigenvalue weighted by Crippen LogP contribution is 2.61. The Labute approximate surface area is 391 Å². The predicted molar refractivity (Wildman–Crippen MR) is 276 cm³/mol. The summed E-state index contributed by atoms with van der Waals surface area (Å²) in [6, 6.07) is 92.5. The second-order valence-electron chi connectivity index (χ2n) is 17.6. The van der Waals surface area contributed by atoms with E-state index in [4.69, 9.17) is 9.97 Å². The molecule has 2 heteroatoms. The molecule has 11 aromatic rings. The van der Waals surface area contributed by atoms with Crippen molar-refractivity contribution in [2.75, 3.05) is 0 Å². The van der Waals surface area contributed by atoms with E-state index < -0.39 is 5.41 Å². The molecule has 67 heavy (non-hydrogen) atoms. The van der Waals surface area contributed by atoms with Gasteiger partial charge < -0.3 is 0 Å². The monoisotopic (exact) mass is 850 g/mol. The summed E-state index contributed by atoms with van der Waals surface area (Å²) in [4.78, 5) is 11.1. The smallest absolute Gasteiger partial charge is 0.160 e. The van der Waals surface area contributed by atoms with E-state index in [0.29, 0.717) is 5.82 Å². The van der Waals surface area contributed by atoms with Crippen LogP contribution in [0.15, 0.2) is 255 Å². The van der Waals surface area contributed by atoms with Crippen LogP contribution in [0, 0.1) is 0 Å². The van der Waals surface area contributed by atoms with Crippen molar-refractivity contribution >= 4 is 0 Å². The molecule has 0 bridgehead atoms. The maximum absolute atomic E-state index is 5.56. The molecule has 1 aromatic heterocycles. The minimum absolute atomic E-state index is 0.565. The average Bonchev–Trinajstić information content (AvgIpc) is 3.65. The second kappa shape index (κ2) is 15.8. The van der Waals surface area contributed by atoms with Crippen LogP contribution in [0.1, 0.15) is 22.3 Å². The number of aromatic nitrogens is 2. The lowest BCUT2D eigenvalue weighted by Crippen LogP contribution is -2.29. The molecule has 2 aliphatic carbocycles. The van der Waals surface area contributed by atoms with Gasteiger partial charge in [-0.1, -0.05) is 224 Å². The van der Waals surface area contributed by atoms with Crippen molar-refractivity contribution in [3.05, 3.63) is 277 Å². The molecule has 1 spiro atoms. The molecule has 2 aliphatic rings. The van der Waals surface area contributed by atoms with Crippen molar-refractivity contribution in [2.45, 2.75) is 5.41 Å². The molecule has 0 aliphatic heterocycles. The fourth-order valence-corrected chi connectivity index (χ4v) is 11.0. The molecule has 2 nitrogen and oxygen atoms in total. The van der Waals surface area contributed by atoms with Crippen LogP contribution in [0.2, 0.25) is 0 Å². The molecule has 0 fully saturated rings. The third kappa shape index (κ3) is 6.26. The SMILES string of the molecule is c1ccc(-c2cc(-c3ccccc3)cc(-c3cc(-c4ccccc4-c4ccccc4)nc(-c4ccc5c(c4)-c4ccccc4C54c5ccccc5-c5ccccc5-c5ccccc54)n3)c2)cc1. The van der Waals surface area contributed by atoms with Crippen LogP contribution in [-0.2, 0) is 5.41 Å². The van der Waals surface area contributed by atoms with Crippen molar-refractivity contribution in [3.8, 4) is 101 Å². The molecule has 0 saturated carbocycles. The highest BCUT2D eigenvalue weighted by molar-refractivity contribution is 5.98. The zero-order valence-electron chi connectivity index (χ0n) is 36.6. The quantitative estimate of drug-likeness (QED) is 0.167. The van der Waals surface area contributed by atoms with E-state index in [9.17, 15) is 0 Å². The Morgan fingerprint density at radius 3 is 1.13 bits per heavy atom. The number of rotatable bonds is 6. The first-order chi connectivity index (χ1) is 33.2. The first-order valence-electron chi connectivity index (χ1n) is 23.1. The zero-order valence-corrected chi connectivity index (χ0v) is 36.6. The summed E-state index contributed by atoms with van der Waals surface area (Å²) in [5, 5.41) is 0. The summed E-state index contributed by atoms with van der Waals surface area (Å²) >= 11 is 0. The number of fused-ring (bicyclic) bond motifs is 12. The first-order valence-corrected chi connectivity index (χ1v) is 23.1. The first kappa shape index (κ1) is 38.7. The van der Waals surface area contributed by atoms with Crippen LogP contribution >= 0.6 is 0 Å². The van der Waals surface area contributed by atoms with Gasteiger partial charge in [0, 0.05) is 16.7 Å². The second-order valence-corrected chi connectivity index (χ2v) is 17.6. The summed E-state index contributed by atoms with van der Waals surface area (Å²) in [6.07, 6.45) is 0. The molecule has 0 amide bonds. The Morgan fingerprint density at radius 1 is 0.209 bits per heavy atom. The maximum Gasteiger partial charge on any atom is 0.160 e. The topological polar surface area (TPSA) is 25.8 Å². The standard InChI is InChI=1S/C65H42N2/c1-4-20-43(21-5-1)47-38-48(44-22-6-2-7-23-44)40-49(39-47)62-42-63(56-32-13-10-26-50(56)45-24-8-3-9-25-45)67-64(66-62)46-36-37-61-57(41-46)55-31-16-19-35-60(55)65(61)58-33-17-14-29-53(58)51-27-11-12-28-52(51)54-30-15-18-34-59(54)65/h1-42H. The van der Waals surface area contributed by atoms with Crippen LogP contribution in [0.4, 0.5) is 0 Å². The lowest BCUT2D eigenvalue weighted by molar-refractivity contribution is 0.775. The largest absolute Gasteiger partial charge is 0.228 e. The van der Waals surface area contributed by atoms with E-state index in [0.717, 1.165) is 61.5 Å². The van der Waals surface area contributed by atoms with Gasteiger partial charge in [-0.3, -0.25) is 0 Å². The normalized spacial score (nSPS) is 12.6. The lowest BCUT2D eigenvalue weighted by atomic mass is 9.66. The molecular formula is C65H42N2. The van der Waals surface area contributed by atoms with Gasteiger partial charge in [0.15, 0.2) is 5.82 Å². The van der Waals surface area contributed by atoms with Gasteiger partial charge in [-0.25, -0.2) is 9.97 Å². The Morgan fingerprint density at radius 2 is 0.597 bits per heavy atom. The average molecular weight is 851 g/mol. The van der Waals surface area contributed by atoms with Crippen LogP contribution in [0.25, 0.3) is 101 Å². The molecule has 0 N–H and O–H groups in total. The molecule has 0 radical (unpaired) electrons. The number of nitrogens with zero attached hydrogens (tertiary/aromatic N) is 2. The maximum atomic E-state index is 5.56. The fraction of sp³-hybridized carbons (Fsp3) is 0.0154. The van der Waals surface area contributed by atoms with Gasteiger partial charge in [0.1, 0.15) is 0 Å². The van der Waals surface area contributed by atoms with E-state index in [1.54, 1.807) is 0 Å². The van der Waals surface area contributed by atoms with Gasteiger partial charge in [0.05, 0.1) is 16.8 Å². The molecule has 1 heterocycles. The van der Waals surface area contributed by atoms with Gasteiger partial charge in [-0.05, 0) is 119 Å². The third-order valence-electron chi connectivity index (χ3n) is 13.9. The number of hydrogen-bond acceptors (Lipinski definition) is 2. The van der Waals surface area contributed by atoms with Gasteiger partial charge in [-0.15, -0.1) is 0 Å². The van der Waals surface area contributed by atoms with E-state index in [1.165, 1.54) is 55.6 Å². The molecule has 0 saturated heterocycles. The van der Waals surface area contributed by atoms with Crippen LogP contribution in [0.5, 0.6) is 0 Å². The van der Waals surface area contributed by atoms with Gasteiger partial charge in [0.2, 0.25) is 0 Å². The summed E-state index contributed by atoms with van der Waals surface area (Å²) < 4.78 is 0. The molecule has 13 rings (SSSR count). The molecule has 0 atom stereocenters. The van der Waals surface area contributed by atoms with Crippen molar-refractivity contribution in [1.82, 2.24) is 9.97 Å². The Kier molecular flexibility index (Phi) is 9.11. The van der Waals surface area contributed by atoms with Crippen molar-refractivity contribution in [1.29, 1.82) is 0 Å². The highest BCUT2D eigenvalue weighted by Gasteiger charge is 2.49. The minimum Gasteiger partial charge on any atom is -0.228 e. The number of hydrogen-bond donors (Lipinski definition) is 0. The Hall–Kier alpha value is -8.72.